The second kappa shape index (κ2) is 23.2. The molecule has 0 fully saturated rings. The summed E-state index contributed by atoms with van der Waals surface area (Å²) in [5, 5.41) is 86.7. The van der Waals surface area contributed by atoms with Crippen molar-refractivity contribution >= 4 is 21.0 Å². The molecule has 0 spiro atoms. The van der Waals surface area contributed by atoms with Crippen molar-refractivity contribution in [2.24, 2.45) is 14.1 Å². The summed E-state index contributed by atoms with van der Waals surface area (Å²) in [5.74, 6) is -0.497. The van der Waals surface area contributed by atoms with E-state index in [1.54, 1.807) is 29.8 Å². The maximum Gasteiger partial charge on any atom is 0.332 e. The van der Waals surface area contributed by atoms with Crippen LogP contribution in [0, 0.1) is 0 Å². The van der Waals surface area contributed by atoms with Crippen LogP contribution in [0.25, 0.3) is 11.2 Å². The lowest BCUT2D eigenvalue weighted by Gasteiger charge is -2.23. The predicted octanol–water partition coefficient (Wildman–Crippen LogP) is 2.22. The minimum Gasteiger partial charge on any atom is -0.508 e. The second-order valence-corrected chi connectivity index (χ2v) is 20.1. The molecule has 20 heteroatoms. The van der Waals surface area contributed by atoms with Crippen LogP contribution in [0.4, 0.5) is 0 Å². The third-order valence-corrected chi connectivity index (χ3v) is 10.7. The van der Waals surface area contributed by atoms with E-state index in [2.05, 4.69) is 20.9 Å². The van der Waals surface area contributed by atoms with Crippen molar-refractivity contribution < 1.29 is 49.3 Å². The van der Waals surface area contributed by atoms with Gasteiger partial charge >= 0.3 is 5.69 Å². The van der Waals surface area contributed by atoms with E-state index in [0.29, 0.717) is 71.6 Å². The summed E-state index contributed by atoms with van der Waals surface area (Å²) in [6, 6.07) is 13.3. The largest absolute Gasteiger partial charge is 0.508 e. The number of hydrogen-bond donors (Lipinski definition) is 11. The number of phenols is 4. The van der Waals surface area contributed by atoms with Crippen LogP contribution in [0.2, 0.25) is 0 Å². The van der Waals surface area contributed by atoms with Gasteiger partial charge in [0.2, 0.25) is 0 Å². The van der Waals surface area contributed by atoms with Gasteiger partial charge in [-0.2, -0.15) is 0 Å². The molecule has 2 aromatic heterocycles. The van der Waals surface area contributed by atoms with Gasteiger partial charge in [0.05, 0.1) is 37.0 Å². The van der Waals surface area contributed by atoms with E-state index in [1.165, 1.54) is 54.3 Å². The number of aliphatic hydroxyl groups is 4. The lowest BCUT2D eigenvalue weighted by atomic mass is 10.0. The van der Waals surface area contributed by atoms with Gasteiger partial charge in [0.15, 0.2) is 21.0 Å². The number of hydrogen-bond acceptors (Lipinski definition) is 16. The minimum absolute atomic E-state index is 0.0484. The molecule has 0 radical (unpaired) electrons. The molecule has 0 aliphatic heterocycles. The molecule has 3 atom stereocenters. The molecule has 0 saturated heterocycles. The van der Waals surface area contributed by atoms with Crippen molar-refractivity contribution in [2.75, 3.05) is 32.4 Å². The fraction of sp³-hybridized carbons (Fsp3) is 0.489. The third-order valence-electron chi connectivity index (χ3n) is 9.83. The number of aromatic nitrogens is 4. The molecule has 3 unspecified atom stereocenters. The van der Waals surface area contributed by atoms with Crippen LogP contribution >= 0.6 is 0 Å². The zero-order valence-corrected chi connectivity index (χ0v) is 39.4. The van der Waals surface area contributed by atoms with Crippen LogP contribution in [0.1, 0.15) is 94.1 Å². The molecule has 0 aliphatic carbocycles. The molecule has 2 heterocycles. The van der Waals surface area contributed by atoms with Gasteiger partial charge < -0.3 is 61.4 Å². The Morgan fingerprint density at radius 1 is 0.692 bits per heavy atom. The number of aromatic hydroxyl groups is 4. The first-order valence-corrected chi connectivity index (χ1v) is 23.0. The average molecular weight is 930 g/mol. The second-order valence-electron chi connectivity index (χ2n) is 18.0. The summed E-state index contributed by atoms with van der Waals surface area (Å²) in [6.07, 6.45) is 1.02. The van der Waals surface area contributed by atoms with Crippen molar-refractivity contribution in [2.45, 2.75) is 96.3 Å². The Morgan fingerprint density at radius 2 is 1.18 bits per heavy atom. The van der Waals surface area contributed by atoms with Crippen molar-refractivity contribution in [3.05, 3.63) is 110 Å². The summed E-state index contributed by atoms with van der Waals surface area (Å²) in [7, 11) is -0.228. The van der Waals surface area contributed by atoms with Crippen molar-refractivity contribution in [1.29, 1.82) is 0 Å². The summed E-state index contributed by atoms with van der Waals surface area (Å²) >= 11 is 0. The van der Waals surface area contributed by atoms with Crippen LogP contribution < -0.4 is 27.2 Å². The number of fused-ring (bicyclic) bond motifs is 1. The quantitative estimate of drug-likeness (QED) is 0.0633. The monoisotopic (exact) mass is 929 g/mol. The van der Waals surface area contributed by atoms with Crippen molar-refractivity contribution in [1.82, 2.24) is 34.6 Å². The first-order valence-electron chi connectivity index (χ1n) is 20.9. The third kappa shape index (κ3) is 17.2. The van der Waals surface area contributed by atoms with Gasteiger partial charge in [0.25, 0.3) is 5.56 Å². The first kappa shape index (κ1) is 54.0. The van der Waals surface area contributed by atoms with E-state index in [0.717, 1.165) is 10.8 Å². The fourth-order valence-corrected chi connectivity index (χ4v) is 7.10. The van der Waals surface area contributed by atoms with E-state index in [9.17, 15) is 53.8 Å². The maximum absolute atomic E-state index is 12.4. The topological polar surface area (TPSA) is 294 Å². The molecular formula is C45H67N7O12S. The zero-order chi connectivity index (χ0) is 49.0. The predicted molar refractivity (Wildman–Crippen MR) is 249 cm³/mol. The lowest BCUT2D eigenvalue weighted by molar-refractivity contribution is 0.163. The Bertz CT molecular complexity index is 2560. The van der Waals surface area contributed by atoms with Crippen LogP contribution in [0.5, 0.6) is 23.0 Å². The number of nitrogens with zero attached hydrogens (tertiary/aromatic N) is 4. The Labute approximate surface area is 379 Å². The molecule has 3 aromatic carbocycles. The molecule has 0 amide bonds. The van der Waals surface area contributed by atoms with E-state index >= 15 is 0 Å². The summed E-state index contributed by atoms with van der Waals surface area (Å²) in [5.41, 5.74) is 2.15. The molecule has 0 aliphatic rings. The number of rotatable bonds is 16. The number of aliphatic hydroxyl groups excluding tert-OH is 4. The number of nitrogens with one attached hydrogen (secondary N) is 3. The molecule has 360 valence electrons. The lowest BCUT2D eigenvalue weighted by Crippen LogP contribution is -2.38. The smallest absolute Gasteiger partial charge is 0.332 e. The van der Waals surface area contributed by atoms with Crippen LogP contribution in [0.15, 0.2) is 70.5 Å². The Balaban J connectivity index is 0.000000270. The highest BCUT2D eigenvalue weighted by Gasteiger charge is 2.18. The number of phenolic OH excluding ortho intramolecular Hbond substituents is 3. The number of imidazole rings is 1. The van der Waals surface area contributed by atoms with E-state index in [-0.39, 0.29) is 58.5 Å². The standard InChI is InChI=1S/C18H23N5O5.C14H23NO4S.C13H21NO3/c1-21-16-15(17(27)22(2)18(21)28)23(10-20-16)5-3-4-19-9-14(26)11-6-12(24)8-13(25)7-11;1-14(2,3)15-8-13(17)10-5-6-12(16)11(7-10)9-20(4,18)19;1-13(2,3)14-7-12(17)9-4-5-11(16)10(6-9)8-15/h6-8,10,14,19,24-26H,3-5,9H2,1-2H3;5-7,13,15-17H,8-9H2,1-4H3;4-6,12,14-17H,7-8H2,1-3H3. The molecule has 5 rings (SSSR count). The highest BCUT2D eigenvalue weighted by molar-refractivity contribution is 7.89. The highest BCUT2D eigenvalue weighted by atomic mass is 32.2. The summed E-state index contributed by atoms with van der Waals surface area (Å²) in [6.45, 7) is 13.9. The van der Waals surface area contributed by atoms with Crippen LogP contribution in [0.3, 0.4) is 0 Å². The number of sulfone groups is 1. The molecule has 5 aromatic rings. The highest BCUT2D eigenvalue weighted by Crippen LogP contribution is 2.26. The molecular weight excluding hydrogens is 863 g/mol. The maximum atomic E-state index is 12.4. The van der Waals surface area contributed by atoms with Gasteiger partial charge in [-0.25, -0.2) is 18.2 Å². The molecule has 65 heavy (non-hydrogen) atoms. The summed E-state index contributed by atoms with van der Waals surface area (Å²) < 4.78 is 26.7. The Morgan fingerprint density at radius 3 is 1.68 bits per heavy atom. The first-order chi connectivity index (χ1) is 30.1. The van der Waals surface area contributed by atoms with Crippen molar-refractivity contribution in [3.63, 3.8) is 0 Å². The van der Waals surface area contributed by atoms with Crippen molar-refractivity contribution in [3.8, 4) is 23.0 Å². The normalized spacial score (nSPS) is 13.4. The van der Waals surface area contributed by atoms with E-state index in [1.807, 2.05) is 41.5 Å². The fourth-order valence-electron chi connectivity index (χ4n) is 6.30. The van der Waals surface area contributed by atoms with Gasteiger partial charge in [-0.05, 0) is 108 Å². The van der Waals surface area contributed by atoms with Gasteiger partial charge in [-0.3, -0.25) is 13.9 Å². The van der Waals surface area contributed by atoms with Crippen LogP contribution in [-0.4, -0.2) is 111 Å². The van der Waals surface area contributed by atoms with Crippen LogP contribution in [-0.2, 0) is 42.8 Å². The molecule has 11 N–H and O–H groups in total. The Kier molecular flexibility index (Phi) is 19.3. The van der Waals surface area contributed by atoms with E-state index < -0.39 is 33.8 Å². The van der Waals surface area contributed by atoms with Gasteiger partial charge in [0.1, 0.15) is 23.0 Å². The molecule has 0 saturated carbocycles. The number of aryl methyl sites for hydroxylation is 2. The average Bonchev–Trinajstić information content (AvgIpc) is 3.64. The van der Waals surface area contributed by atoms with Gasteiger partial charge in [-0.15, -0.1) is 0 Å². The van der Waals surface area contributed by atoms with Gasteiger partial charge in [-0.1, -0.05) is 12.1 Å². The number of benzene rings is 3. The molecule has 19 nitrogen and oxygen atoms in total. The minimum atomic E-state index is -3.23. The molecule has 0 bridgehead atoms. The SMILES string of the molecule is CC(C)(C)NCC(O)c1ccc(O)c(CO)c1.CC(C)(C)NCC(O)c1ccc(O)c(CS(C)(=O)=O)c1.Cn1c(=O)c2c(ncn2CCCNCC(O)c2cc(O)cc(O)c2)n(C)c1=O. The Hall–Kier alpha value is -5.32. The summed E-state index contributed by atoms with van der Waals surface area (Å²) in [4.78, 5) is 28.5. The zero-order valence-electron chi connectivity index (χ0n) is 38.6. The van der Waals surface area contributed by atoms with Gasteiger partial charge in [0, 0.05) is 74.8 Å². The number of β-amino-alcohol motifs (C(OH)–C–C–N with tert-alkyl or cyclic N) is 2. The van der Waals surface area contributed by atoms with E-state index in [4.69, 9.17) is 5.11 Å².